The van der Waals surface area contributed by atoms with Crippen LogP contribution in [0.2, 0.25) is 0 Å². The van der Waals surface area contributed by atoms with Crippen LogP contribution in [-0.2, 0) is 14.0 Å². The third-order valence-corrected chi connectivity index (χ3v) is 6.34. The molecule has 2 aliphatic rings. The number of amides is 2. The quantitative estimate of drug-likeness (QED) is 0.692. The van der Waals surface area contributed by atoms with Crippen molar-refractivity contribution in [2.24, 2.45) is 0 Å². The van der Waals surface area contributed by atoms with E-state index in [1.807, 2.05) is 27.7 Å². The van der Waals surface area contributed by atoms with Crippen molar-refractivity contribution >= 4 is 24.6 Å². The maximum Gasteiger partial charge on any atom is 0.497 e. The third-order valence-electron chi connectivity index (χ3n) is 6.34. The van der Waals surface area contributed by atoms with Crippen LogP contribution in [0.5, 0.6) is 0 Å². The first kappa shape index (κ1) is 25.4. The highest BCUT2D eigenvalue weighted by molar-refractivity contribution is 6.62. The van der Waals surface area contributed by atoms with Crippen LogP contribution in [0, 0.1) is 11.6 Å². The molecule has 2 aliphatic heterocycles. The summed E-state index contributed by atoms with van der Waals surface area (Å²) in [5.41, 5.74) is -2.71. The van der Waals surface area contributed by atoms with Gasteiger partial charge in [-0.3, -0.25) is 4.79 Å². The molecule has 0 bridgehead atoms. The zero-order valence-corrected chi connectivity index (χ0v) is 20.4. The SMILES string of the molecule is CC(C)(C)OC(=O)N1CCC(NC(=O)c2c(F)ccc(B3OC(C)(C)C(C)(C)O3)c2F)CC1. The van der Waals surface area contributed by atoms with Gasteiger partial charge in [0.25, 0.3) is 5.91 Å². The van der Waals surface area contributed by atoms with E-state index in [9.17, 15) is 14.0 Å². The van der Waals surface area contributed by atoms with E-state index in [1.165, 1.54) is 6.07 Å². The molecule has 10 heteroatoms. The first-order valence-electron chi connectivity index (χ1n) is 11.2. The van der Waals surface area contributed by atoms with Gasteiger partial charge in [0.05, 0.1) is 11.2 Å². The minimum Gasteiger partial charge on any atom is -0.444 e. The Kier molecular flexibility index (Phi) is 6.83. The molecular formula is C23H33BF2N2O5. The van der Waals surface area contributed by atoms with E-state index < -0.39 is 53.1 Å². The van der Waals surface area contributed by atoms with Gasteiger partial charge < -0.3 is 24.3 Å². The van der Waals surface area contributed by atoms with Gasteiger partial charge >= 0.3 is 13.2 Å². The number of rotatable bonds is 3. The number of carbonyl (C=O) groups is 2. The standard InChI is InChI=1S/C23H33BF2N2O5/c1-21(2,3)31-20(30)28-12-10-14(11-13-28)27-19(29)17-16(25)9-8-15(18(17)26)24-32-22(4,5)23(6,7)33-24/h8-9,14H,10-13H2,1-7H3,(H,27,29). The Hall–Kier alpha value is -2.20. The van der Waals surface area contributed by atoms with Gasteiger partial charge in [-0.2, -0.15) is 0 Å². The number of carbonyl (C=O) groups excluding carboxylic acids is 2. The summed E-state index contributed by atoms with van der Waals surface area (Å²) in [5, 5.41) is 2.70. The highest BCUT2D eigenvalue weighted by atomic mass is 19.1. The van der Waals surface area contributed by atoms with E-state index >= 15 is 4.39 Å². The van der Waals surface area contributed by atoms with Crippen LogP contribution in [0.15, 0.2) is 12.1 Å². The highest BCUT2D eigenvalue weighted by Crippen LogP contribution is 2.36. The second-order valence-corrected chi connectivity index (χ2v) is 10.6. The third kappa shape index (κ3) is 5.49. The number of likely N-dealkylation sites (tertiary alicyclic amines) is 1. The first-order valence-corrected chi connectivity index (χ1v) is 11.2. The molecule has 182 valence electrons. The van der Waals surface area contributed by atoms with Crippen LogP contribution < -0.4 is 10.8 Å². The molecule has 1 aromatic rings. The Balaban J connectivity index is 1.68. The molecule has 2 heterocycles. The molecule has 0 aliphatic carbocycles. The molecule has 1 aromatic carbocycles. The molecule has 2 saturated heterocycles. The van der Waals surface area contributed by atoms with E-state index in [-0.39, 0.29) is 11.5 Å². The predicted molar refractivity (Wildman–Crippen MR) is 120 cm³/mol. The van der Waals surface area contributed by atoms with E-state index in [4.69, 9.17) is 14.0 Å². The smallest absolute Gasteiger partial charge is 0.444 e. The van der Waals surface area contributed by atoms with Gasteiger partial charge in [0, 0.05) is 24.6 Å². The molecular weight excluding hydrogens is 433 g/mol. The van der Waals surface area contributed by atoms with Crippen LogP contribution in [-0.4, -0.2) is 60.0 Å². The van der Waals surface area contributed by atoms with E-state index in [1.54, 1.807) is 25.7 Å². The number of halogens is 2. The maximum absolute atomic E-state index is 15.3. The lowest BCUT2D eigenvalue weighted by Crippen LogP contribution is -2.48. The van der Waals surface area contributed by atoms with Gasteiger partial charge in [0.2, 0.25) is 0 Å². The highest BCUT2D eigenvalue weighted by Gasteiger charge is 2.52. The molecule has 2 amide bonds. The van der Waals surface area contributed by atoms with Crippen molar-refractivity contribution in [3.63, 3.8) is 0 Å². The molecule has 0 radical (unpaired) electrons. The van der Waals surface area contributed by atoms with Crippen molar-refractivity contribution in [1.82, 2.24) is 10.2 Å². The average molecular weight is 466 g/mol. The normalized spacial score (nSPS) is 20.6. The van der Waals surface area contributed by atoms with Gasteiger partial charge in [-0.05, 0) is 67.4 Å². The molecule has 33 heavy (non-hydrogen) atoms. The second-order valence-electron chi connectivity index (χ2n) is 10.6. The molecule has 1 N–H and O–H groups in total. The number of benzene rings is 1. The fourth-order valence-corrected chi connectivity index (χ4v) is 3.72. The lowest BCUT2D eigenvalue weighted by Gasteiger charge is -2.33. The Morgan fingerprint density at radius 2 is 1.64 bits per heavy atom. The fourth-order valence-electron chi connectivity index (χ4n) is 3.72. The summed E-state index contributed by atoms with van der Waals surface area (Å²) < 4.78 is 46.9. The van der Waals surface area contributed by atoms with Gasteiger partial charge in [0.1, 0.15) is 22.8 Å². The van der Waals surface area contributed by atoms with Gasteiger partial charge in [0.15, 0.2) is 0 Å². The summed E-state index contributed by atoms with van der Waals surface area (Å²) in [6, 6.07) is 1.96. The fraction of sp³-hybridized carbons (Fsp3) is 0.652. The Morgan fingerprint density at radius 3 is 2.15 bits per heavy atom. The number of hydrogen-bond donors (Lipinski definition) is 1. The average Bonchev–Trinajstić information content (AvgIpc) is 2.88. The Morgan fingerprint density at radius 1 is 1.09 bits per heavy atom. The predicted octanol–water partition coefficient (Wildman–Crippen LogP) is 3.39. The topological polar surface area (TPSA) is 77.1 Å². The lowest BCUT2D eigenvalue weighted by molar-refractivity contribution is 0.00578. The van der Waals surface area contributed by atoms with Gasteiger partial charge in [-0.25, -0.2) is 13.6 Å². The zero-order valence-electron chi connectivity index (χ0n) is 20.4. The summed E-state index contributed by atoms with van der Waals surface area (Å²) in [6.45, 7) is 13.4. The van der Waals surface area contributed by atoms with Crippen molar-refractivity contribution in [3.05, 3.63) is 29.3 Å². The number of nitrogens with one attached hydrogen (secondary N) is 1. The summed E-state index contributed by atoms with van der Waals surface area (Å²) in [4.78, 5) is 26.6. The maximum atomic E-state index is 15.3. The number of ether oxygens (including phenoxy) is 1. The van der Waals surface area contributed by atoms with Crippen LogP contribution in [0.25, 0.3) is 0 Å². The van der Waals surface area contributed by atoms with Crippen molar-refractivity contribution in [1.29, 1.82) is 0 Å². The molecule has 0 saturated carbocycles. The molecule has 7 nitrogen and oxygen atoms in total. The van der Waals surface area contributed by atoms with E-state index in [0.717, 1.165) is 6.07 Å². The van der Waals surface area contributed by atoms with Gasteiger partial charge in [-0.15, -0.1) is 0 Å². The minimum atomic E-state index is -1.06. The van der Waals surface area contributed by atoms with E-state index in [0.29, 0.717) is 25.9 Å². The molecule has 0 aromatic heterocycles. The van der Waals surface area contributed by atoms with Crippen molar-refractivity contribution in [3.8, 4) is 0 Å². The summed E-state index contributed by atoms with van der Waals surface area (Å²) in [7, 11) is -1.06. The van der Waals surface area contributed by atoms with Crippen LogP contribution in [0.4, 0.5) is 13.6 Å². The summed E-state index contributed by atoms with van der Waals surface area (Å²) in [5.74, 6) is -2.81. The van der Waals surface area contributed by atoms with Crippen LogP contribution >= 0.6 is 0 Å². The van der Waals surface area contributed by atoms with Crippen LogP contribution in [0.3, 0.4) is 0 Å². The second kappa shape index (κ2) is 8.87. The summed E-state index contributed by atoms with van der Waals surface area (Å²) in [6.07, 6.45) is 0.482. The lowest BCUT2D eigenvalue weighted by atomic mass is 9.77. The number of nitrogens with zero attached hydrogens (tertiary/aromatic N) is 1. The van der Waals surface area contributed by atoms with Gasteiger partial charge in [-0.1, -0.05) is 6.07 Å². The monoisotopic (exact) mass is 466 g/mol. The summed E-state index contributed by atoms with van der Waals surface area (Å²) >= 11 is 0. The van der Waals surface area contributed by atoms with E-state index in [2.05, 4.69) is 5.32 Å². The Bertz CT molecular complexity index is 908. The minimum absolute atomic E-state index is 0.0278. The largest absolute Gasteiger partial charge is 0.497 e. The van der Waals surface area contributed by atoms with Crippen molar-refractivity contribution in [2.75, 3.05) is 13.1 Å². The van der Waals surface area contributed by atoms with Crippen LogP contribution in [0.1, 0.15) is 71.7 Å². The number of hydrogen-bond acceptors (Lipinski definition) is 5. The molecule has 0 unspecified atom stereocenters. The molecule has 0 spiro atoms. The van der Waals surface area contributed by atoms with Crippen molar-refractivity contribution in [2.45, 2.75) is 84.2 Å². The number of piperidine rings is 1. The zero-order chi connectivity index (χ0) is 24.8. The first-order chi connectivity index (χ1) is 15.1. The van der Waals surface area contributed by atoms with Crippen molar-refractivity contribution < 1.29 is 32.4 Å². The molecule has 0 atom stereocenters. The molecule has 2 fully saturated rings. The molecule has 3 rings (SSSR count). The Labute approximate surface area is 194 Å².